The van der Waals surface area contributed by atoms with Crippen LogP contribution in [0.4, 0.5) is 17.1 Å². The Labute approximate surface area is 245 Å². The number of hydrogen-bond donors (Lipinski definition) is 2. The minimum absolute atomic E-state index is 0.455. The summed E-state index contributed by atoms with van der Waals surface area (Å²) in [7, 11) is -1.51. The van der Waals surface area contributed by atoms with E-state index in [2.05, 4.69) is 138 Å². The molecule has 0 aliphatic heterocycles. The fraction of sp³-hybridized carbons (Fsp3) is 0. The number of benzene rings is 7. The summed E-state index contributed by atoms with van der Waals surface area (Å²) in [6.07, 6.45) is 0. The Kier molecular flexibility index (Phi) is 6.77. The summed E-state index contributed by atoms with van der Waals surface area (Å²) in [6, 6.07) is 54.3. The predicted octanol–water partition coefficient (Wildman–Crippen LogP) is 8.48. The molecule has 0 spiro atoms. The molecule has 7 rings (SSSR count). The molecule has 42 heavy (non-hydrogen) atoms. The molecule has 0 heterocycles. The van der Waals surface area contributed by atoms with Crippen LogP contribution in [-0.2, 0) is 0 Å². The van der Waals surface area contributed by atoms with Gasteiger partial charge < -0.3 is 14.9 Å². The van der Waals surface area contributed by atoms with Gasteiger partial charge in [-0.25, -0.2) is 0 Å². The summed E-state index contributed by atoms with van der Waals surface area (Å²) >= 11 is 0. The van der Waals surface area contributed by atoms with Crippen molar-refractivity contribution in [1.29, 1.82) is 0 Å². The van der Waals surface area contributed by atoms with Crippen LogP contribution in [0.25, 0.3) is 43.8 Å². The van der Waals surface area contributed by atoms with E-state index >= 15 is 0 Å². The molecule has 3 nitrogen and oxygen atoms in total. The molecule has 0 radical (unpaired) electrons. The normalized spacial score (nSPS) is 11.1. The van der Waals surface area contributed by atoms with Crippen molar-refractivity contribution in [2.24, 2.45) is 0 Å². The van der Waals surface area contributed by atoms with Crippen molar-refractivity contribution in [2.45, 2.75) is 0 Å². The van der Waals surface area contributed by atoms with Crippen molar-refractivity contribution in [3.63, 3.8) is 0 Å². The first-order valence-corrected chi connectivity index (χ1v) is 14.1. The van der Waals surface area contributed by atoms with E-state index in [1.54, 1.807) is 12.1 Å². The molecule has 0 aliphatic rings. The highest BCUT2D eigenvalue weighted by Crippen LogP contribution is 2.38. The number of hydrogen-bond acceptors (Lipinski definition) is 3. The van der Waals surface area contributed by atoms with Crippen LogP contribution in [0.5, 0.6) is 0 Å². The zero-order valence-electron chi connectivity index (χ0n) is 22.9. The molecule has 0 amide bonds. The quantitative estimate of drug-likeness (QED) is 0.208. The van der Waals surface area contributed by atoms with Crippen molar-refractivity contribution in [3.8, 4) is 22.3 Å². The molecule has 0 unspecified atom stereocenters. The fourth-order valence-electron chi connectivity index (χ4n) is 5.78. The summed E-state index contributed by atoms with van der Waals surface area (Å²) < 4.78 is 0. The molecule has 0 saturated heterocycles. The highest BCUT2D eigenvalue weighted by molar-refractivity contribution is 6.58. The number of anilines is 3. The Balaban J connectivity index is 1.29. The van der Waals surface area contributed by atoms with Gasteiger partial charge in [-0.3, -0.25) is 0 Å². The van der Waals surface area contributed by atoms with E-state index in [4.69, 9.17) is 0 Å². The molecule has 0 bridgehead atoms. The summed E-state index contributed by atoms with van der Waals surface area (Å²) in [5.41, 5.74) is 8.11. The van der Waals surface area contributed by atoms with Gasteiger partial charge >= 0.3 is 7.12 Å². The first kappa shape index (κ1) is 25.8. The van der Waals surface area contributed by atoms with Crippen LogP contribution in [-0.4, -0.2) is 17.2 Å². The van der Waals surface area contributed by atoms with Gasteiger partial charge in [0.1, 0.15) is 0 Å². The molecule has 200 valence electrons. The zero-order valence-corrected chi connectivity index (χ0v) is 22.9. The molecule has 0 fully saturated rings. The molecule has 0 aliphatic carbocycles. The Morgan fingerprint density at radius 3 is 1.19 bits per heavy atom. The van der Waals surface area contributed by atoms with Gasteiger partial charge in [0.2, 0.25) is 0 Å². The summed E-state index contributed by atoms with van der Waals surface area (Å²) in [6.45, 7) is 0. The number of nitrogens with zero attached hydrogens (tertiary/aromatic N) is 1. The molecular formula is C38H28BNO2. The third-order valence-corrected chi connectivity index (χ3v) is 7.90. The van der Waals surface area contributed by atoms with Gasteiger partial charge in [0.15, 0.2) is 0 Å². The van der Waals surface area contributed by atoms with Crippen molar-refractivity contribution < 1.29 is 10.0 Å². The van der Waals surface area contributed by atoms with Crippen LogP contribution in [0.15, 0.2) is 158 Å². The number of fused-ring (bicyclic) bond motifs is 2. The van der Waals surface area contributed by atoms with E-state index in [9.17, 15) is 10.0 Å². The molecule has 0 aromatic heterocycles. The van der Waals surface area contributed by atoms with Crippen molar-refractivity contribution >= 4 is 51.2 Å². The largest absolute Gasteiger partial charge is 0.488 e. The van der Waals surface area contributed by atoms with E-state index in [1.807, 2.05) is 12.1 Å². The molecule has 7 aromatic rings. The van der Waals surface area contributed by atoms with Crippen molar-refractivity contribution in [3.05, 3.63) is 158 Å². The van der Waals surface area contributed by atoms with Crippen LogP contribution in [0.2, 0.25) is 0 Å². The van der Waals surface area contributed by atoms with E-state index in [1.165, 1.54) is 32.7 Å². The fourth-order valence-corrected chi connectivity index (χ4v) is 5.78. The van der Waals surface area contributed by atoms with Crippen LogP contribution < -0.4 is 10.4 Å². The van der Waals surface area contributed by atoms with Crippen molar-refractivity contribution in [2.75, 3.05) is 4.90 Å². The predicted molar refractivity (Wildman–Crippen MR) is 177 cm³/mol. The Morgan fingerprint density at radius 1 is 0.381 bits per heavy atom. The maximum Gasteiger partial charge on any atom is 0.488 e. The highest BCUT2D eigenvalue weighted by Gasteiger charge is 2.16. The minimum Gasteiger partial charge on any atom is -0.423 e. The third-order valence-electron chi connectivity index (χ3n) is 7.90. The monoisotopic (exact) mass is 541 g/mol. The second-order valence-electron chi connectivity index (χ2n) is 10.4. The van der Waals surface area contributed by atoms with Gasteiger partial charge in [-0.2, -0.15) is 0 Å². The van der Waals surface area contributed by atoms with Crippen molar-refractivity contribution in [1.82, 2.24) is 0 Å². The Morgan fingerprint density at radius 2 is 0.762 bits per heavy atom. The van der Waals surface area contributed by atoms with E-state index in [0.29, 0.717) is 5.46 Å². The van der Waals surface area contributed by atoms with E-state index < -0.39 is 7.12 Å². The molecule has 2 N–H and O–H groups in total. The summed E-state index contributed by atoms with van der Waals surface area (Å²) in [4.78, 5) is 2.19. The van der Waals surface area contributed by atoms with Crippen LogP contribution in [0.3, 0.4) is 0 Å². The van der Waals surface area contributed by atoms with Gasteiger partial charge in [0, 0.05) is 17.1 Å². The Hall–Kier alpha value is -5.16. The van der Waals surface area contributed by atoms with Gasteiger partial charge in [0.25, 0.3) is 0 Å². The summed E-state index contributed by atoms with van der Waals surface area (Å²) in [5.74, 6) is 0. The second-order valence-corrected chi connectivity index (χ2v) is 10.4. The van der Waals surface area contributed by atoms with Gasteiger partial charge in [0.05, 0.1) is 0 Å². The first-order valence-electron chi connectivity index (χ1n) is 14.1. The standard InChI is InChI=1S/C38H28BNO2/c41-39(42)31-19-25-34(26-20-31)40(32-21-15-29(16-22-32)37-13-5-9-27-7-1-3-11-35(27)37)33-23-17-30(18-24-33)38-14-6-10-28-8-2-4-12-36(28)38/h1-26,41-42H. The molecular weight excluding hydrogens is 513 g/mol. The highest BCUT2D eigenvalue weighted by atomic mass is 16.4. The zero-order chi connectivity index (χ0) is 28.5. The van der Waals surface area contributed by atoms with Crippen LogP contribution in [0, 0.1) is 0 Å². The smallest absolute Gasteiger partial charge is 0.423 e. The molecule has 0 atom stereocenters. The maximum atomic E-state index is 9.66. The first-order chi connectivity index (χ1) is 20.7. The average Bonchev–Trinajstić information content (AvgIpc) is 3.05. The topological polar surface area (TPSA) is 43.7 Å². The van der Waals surface area contributed by atoms with E-state index in [-0.39, 0.29) is 0 Å². The number of rotatable bonds is 6. The van der Waals surface area contributed by atoms with Crippen LogP contribution in [0.1, 0.15) is 0 Å². The Bertz CT molecular complexity index is 1870. The lowest BCUT2D eigenvalue weighted by atomic mass is 9.80. The lowest BCUT2D eigenvalue weighted by Crippen LogP contribution is -2.29. The third kappa shape index (κ3) is 4.84. The lowest BCUT2D eigenvalue weighted by molar-refractivity contribution is 0.426. The van der Waals surface area contributed by atoms with Gasteiger partial charge in [-0.1, -0.05) is 121 Å². The molecule has 0 saturated carbocycles. The lowest BCUT2D eigenvalue weighted by Gasteiger charge is -2.26. The molecule has 4 heteroatoms. The van der Waals surface area contributed by atoms with Crippen LogP contribution >= 0.6 is 0 Å². The summed E-state index contributed by atoms with van der Waals surface area (Å²) in [5, 5.41) is 24.2. The molecule has 7 aromatic carbocycles. The maximum absolute atomic E-state index is 9.66. The minimum atomic E-state index is -1.51. The van der Waals surface area contributed by atoms with Gasteiger partial charge in [-0.15, -0.1) is 0 Å². The SMILES string of the molecule is OB(O)c1ccc(N(c2ccc(-c3cccc4ccccc34)cc2)c2ccc(-c3cccc4ccccc34)cc2)cc1. The second kappa shape index (κ2) is 11.0. The van der Waals surface area contributed by atoms with Gasteiger partial charge in [-0.05, 0) is 85.7 Å². The van der Waals surface area contributed by atoms with E-state index in [0.717, 1.165) is 28.2 Å². The average molecular weight is 541 g/mol.